The molecule has 6 heteroatoms. The van der Waals surface area contributed by atoms with Gasteiger partial charge in [-0.3, -0.25) is 4.79 Å². The summed E-state index contributed by atoms with van der Waals surface area (Å²) in [6.07, 6.45) is 3.20. The number of rotatable bonds is 3. The number of amides is 1. The number of carbonyl (C=O) groups excluding carboxylic acids is 1. The second kappa shape index (κ2) is 5.21. The molecule has 1 aliphatic carbocycles. The minimum atomic E-state index is -0.489. The lowest BCUT2D eigenvalue weighted by molar-refractivity contribution is 0.0994. The van der Waals surface area contributed by atoms with Gasteiger partial charge < -0.3 is 11.1 Å². The molecule has 2 aliphatic rings. The highest BCUT2D eigenvalue weighted by molar-refractivity contribution is 5.92. The molecule has 2 aromatic rings. The highest BCUT2D eigenvalue weighted by Gasteiger charge is 2.33. The van der Waals surface area contributed by atoms with Gasteiger partial charge in [0.05, 0.1) is 11.7 Å². The molecule has 1 fully saturated rings. The van der Waals surface area contributed by atoms with Crippen LogP contribution in [0.2, 0.25) is 0 Å². The normalized spacial score (nSPS) is 21.2. The van der Waals surface area contributed by atoms with Gasteiger partial charge in [-0.05, 0) is 30.4 Å². The zero-order chi connectivity index (χ0) is 15.1. The van der Waals surface area contributed by atoms with Gasteiger partial charge in [0.25, 0.3) is 5.91 Å². The molecule has 114 valence electrons. The largest absolute Gasteiger partial charge is 0.364 e. The molecular weight excluding hydrogens is 278 g/mol. The molecule has 1 atom stereocenters. The van der Waals surface area contributed by atoms with E-state index in [-0.39, 0.29) is 12.0 Å². The predicted octanol–water partition coefficient (Wildman–Crippen LogP) is 0.989. The Morgan fingerprint density at radius 3 is 2.86 bits per heavy atom. The Hall–Kier alpha value is -2.21. The summed E-state index contributed by atoms with van der Waals surface area (Å²) in [7, 11) is 0. The summed E-state index contributed by atoms with van der Waals surface area (Å²) >= 11 is 0. The molecule has 1 amide bonds. The van der Waals surface area contributed by atoms with Crippen molar-refractivity contribution in [2.24, 2.45) is 5.73 Å². The van der Waals surface area contributed by atoms with Crippen LogP contribution in [0.5, 0.6) is 0 Å². The number of nitrogens with one attached hydrogen (secondary N) is 1. The van der Waals surface area contributed by atoms with Crippen LogP contribution in [0.1, 0.15) is 52.1 Å². The Bertz CT molecular complexity index is 719. The van der Waals surface area contributed by atoms with Gasteiger partial charge >= 0.3 is 0 Å². The van der Waals surface area contributed by atoms with Crippen LogP contribution in [0.25, 0.3) is 0 Å². The lowest BCUT2D eigenvalue weighted by Gasteiger charge is -2.32. The first-order chi connectivity index (χ1) is 10.8. The minimum Gasteiger partial charge on any atom is -0.364 e. The maximum absolute atomic E-state index is 11.8. The Morgan fingerprint density at radius 1 is 1.32 bits per heavy atom. The van der Waals surface area contributed by atoms with Crippen molar-refractivity contribution in [3.05, 3.63) is 46.8 Å². The van der Waals surface area contributed by atoms with Gasteiger partial charge in [0.15, 0.2) is 5.69 Å². The summed E-state index contributed by atoms with van der Waals surface area (Å²) in [6, 6.07) is 8.72. The average Bonchev–Trinajstić information content (AvgIpc) is 2.89. The minimum absolute atomic E-state index is 0.156. The number of primary amides is 1. The Kier molecular flexibility index (Phi) is 3.18. The lowest BCUT2D eigenvalue weighted by atomic mass is 9.80. The first-order valence-electron chi connectivity index (χ1n) is 7.79. The third-order valence-corrected chi connectivity index (χ3v) is 4.77. The van der Waals surface area contributed by atoms with Crippen LogP contribution in [0.15, 0.2) is 24.3 Å². The average molecular weight is 297 g/mol. The van der Waals surface area contributed by atoms with E-state index in [9.17, 15) is 4.79 Å². The monoisotopic (exact) mass is 297 g/mol. The maximum atomic E-state index is 11.8. The number of aromatic nitrogens is 3. The molecule has 0 radical (unpaired) electrons. The number of nitrogens with two attached hydrogens (primary N) is 1. The molecule has 1 aliphatic heterocycles. The number of hydrogen-bond acceptors (Lipinski definition) is 4. The molecule has 3 N–H and O–H groups in total. The molecule has 22 heavy (non-hydrogen) atoms. The third-order valence-electron chi connectivity index (χ3n) is 4.77. The summed E-state index contributed by atoms with van der Waals surface area (Å²) in [5, 5.41) is 11.6. The van der Waals surface area contributed by atoms with E-state index in [4.69, 9.17) is 5.73 Å². The number of benzene rings is 1. The van der Waals surface area contributed by atoms with Crippen LogP contribution in [-0.2, 0) is 6.42 Å². The smallest absolute Gasteiger partial charge is 0.271 e. The molecule has 1 aromatic heterocycles. The van der Waals surface area contributed by atoms with Crippen molar-refractivity contribution in [3.8, 4) is 0 Å². The van der Waals surface area contributed by atoms with Crippen LogP contribution in [-0.4, -0.2) is 34.0 Å². The number of hydrogen-bond donors (Lipinski definition) is 2. The summed E-state index contributed by atoms with van der Waals surface area (Å²) in [4.78, 5) is 11.8. The second-order valence-corrected chi connectivity index (χ2v) is 6.09. The molecule has 0 saturated carbocycles. The van der Waals surface area contributed by atoms with Crippen LogP contribution in [0.4, 0.5) is 0 Å². The number of aryl methyl sites for hydroxylation is 1. The van der Waals surface area contributed by atoms with E-state index in [1.54, 1.807) is 0 Å². The molecule has 6 nitrogen and oxygen atoms in total. The van der Waals surface area contributed by atoms with Crippen molar-refractivity contribution in [1.29, 1.82) is 0 Å². The molecule has 0 bridgehead atoms. The fourth-order valence-corrected chi connectivity index (χ4v) is 3.56. The van der Waals surface area contributed by atoms with Crippen molar-refractivity contribution in [2.45, 2.75) is 31.2 Å². The van der Waals surface area contributed by atoms with Crippen molar-refractivity contribution in [1.82, 2.24) is 20.3 Å². The standard InChI is InChI=1S/C16H19N5O/c17-16(22)14-15(21(20-19-14)11-8-18-9-11)13-7-3-5-10-4-1-2-6-12(10)13/h1-2,4,6,11,13,18H,3,5,7-9H2,(H2,17,22). The summed E-state index contributed by atoms with van der Waals surface area (Å²) in [5.74, 6) is -0.334. The fourth-order valence-electron chi connectivity index (χ4n) is 3.56. The van der Waals surface area contributed by atoms with Crippen molar-refractivity contribution in [3.63, 3.8) is 0 Å². The fraction of sp³-hybridized carbons (Fsp3) is 0.438. The SMILES string of the molecule is NC(=O)c1nnn(C2CNC2)c1C1CCCc2ccccc21. The topological polar surface area (TPSA) is 85.8 Å². The van der Waals surface area contributed by atoms with Crippen molar-refractivity contribution < 1.29 is 4.79 Å². The van der Waals surface area contributed by atoms with E-state index >= 15 is 0 Å². The molecule has 1 unspecified atom stereocenters. The van der Waals surface area contributed by atoms with E-state index in [1.807, 2.05) is 4.68 Å². The molecule has 0 spiro atoms. The number of carbonyl (C=O) groups is 1. The first-order valence-corrected chi connectivity index (χ1v) is 7.79. The predicted molar refractivity (Wildman–Crippen MR) is 81.7 cm³/mol. The Morgan fingerprint density at radius 2 is 2.14 bits per heavy atom. The van der Waals surface area contributed by atoms with Crippen molar-refractivity contribution >= 4 is 5.91 Å². The zero-order valence-electron chi connectivity index (χ0n) is 12.3. The van der Waals surface area contributed by atoms with Gasteiger partial charge in [-0.25, -0.2) is 4.68 Å². The zero-order valence-corrected chi connectivity index (χ0v) is 12.3. The Balaban J connectivity index is 1.85. The van der Waals surface area contributed by atoms with Crippen LogP contribution < -0.4 is 11.1 Å². The van der Waals surface area contributed by atoms with E-state index < -0.39 is 5.91 Å². The van der Waals surface area contributed by atoms with Gasteiger partial charge in [0.2, 0.25) is 0 Å². The third kappa shape index (κ3) is 2.02. The maximum Gasteiger partial charge on any atom is 0.271 e. The molecule has 1 saturated heterocycles. The molecule has 4 rings (SSSR count). The Labute approximate surface area is 128 Å². The van der Waals surface area contributed by atoms with Crippen LogP contribution in [0, 0.1) is 0 Å². The summed E-state index contributed by atoms with van der Waals surface area (Å²) in [6.45, 7) is 1.73. The van der Waals surface area contributed by atoms with E-state index in [0.29, 0.717) is 5.69 Å². The van der Waals surface area contributed by atoms with Crippen LogP contribution in [0.3, 0.4) is 0 Å². The van der Waals surface area contributed by atoms with Crippen molar-refractivity contribution in [2.75, 3.05) is 13.1 Å². The van der Waals surface area contributed by atoms with Gasteiger partial charge in [-0.1, -0.05) is 29.5 Å². The summed E-state index contributed by atoms with van der Waals surface area (Å²) in [5.41, 5.74) is 9.41. The highest BCUT2D eigenvalue weighted by Crippen LogP contribution is 2.38. The van der Waals surface area contributed by atoms with Crippen LogP contribution >= 0.6 is 0 Å². The second-order valence-electron chi connectivity index (χ2n) is 6.09. The van der Waals surface area contributed by atoms with E-state index in [1.165, 1.54) is 11.1 Å². The highest BCUT2D eigenvalue weighted by atomic mass is 16.1. The molecular formula is C16H19N5O. The molecule has 2 heterocycles. The first kappa shape index (κ1) is 13.5. The molecule has 1 aromatic carbocycles. The van der Waals surface area contributed by atoms with Gasteiger partial charge in [0.1, 0.15) is 0 Å². The van der Waals surface area contributed by atoms with E-state index in [2.05, 4.69) is 39.9 Å². The summed E-state index contributed by atoms with van der Waals surface area (Å²) < 4.78 is 1.92. The lowest BCUT2D eigenvalue weighted by Crippen LogP contribution is -2.44. The number of nitrogens with zero attached hydrogens (tertiary/aromatic N) is 3. The van der Waals surface area contributed by atoms with Gasteiger partial charge in [-0.2, -0.15) is 0 Å². The quantitative estimate of drug-likeness (QED) is 0.884. The number of fused-ring (bicyclic) bond motifs is 1. The van der Waals surface area contributed by atoms with Gasteiger partial charge in [-0.15, -0.1) is 5.10 Å². The van der Waals surface area contributed by atoms with E-state index in [0.717, 1.165) is 38.0 Å². The van der Waals surface area contributed by atoms with Gasteiger partial charge in [0, 0.05) is 19.0 Å².